The molecule has 40 heavy (non-hydrogen) atoms. The molecule has 1 aliphatic heterocycles. The Hall–Kier alpha value is -4.00. The average Bonchev–Trinajstić information content (AvgIpc) is 3.37. The Bertz CT molecular complexity index is 1660. The molecule has 1 aliphatic rings. The molecule has 0 aliphatic carbocycles. The fourth-order valence-corrected chi connectivity index (χ4v) is 6.45. The second-order valence-corrected chi connectivity index (χ2v) is 10.6. The van der Waals surface area contributed by atoms with Crippen molar-refractivity contribution in [2.24, 2.45) is 0 Å². The summed E-state index contributed by atoms with van der Waals surface area (Å²) < 4.78 is 51.7. The van der Waals surface area contributed by atoms with Crippen LogP contribution in [0.1, 0.15) is 33.9 Å². The van der Waals surface area contributed by atoms with Gasteiger partial charge < -0.3 is 10.1 Å². The Morgan fingerprint density at radius 2 is 1.75 bits per heavy atom. The zero-order valence-corrected chi connectivity index (χ0v) is 22.7. The molecule has 4 aromatic rings. The van der Waals surface area contributed by atoms with Crippen molar-refractivity contribution in [1.29, 1.82) is 5.26 Å². The van der Waals surface area contributed by atoms with Crippen molar-refractivity contribution in [2.45, 2.75) is 31.0 Å². The van der Waals surface area contributed by atoms with Crippen LogP contribution in [0.4, 0.5) is 13.2 Å². The van der Waals surface area contributed by atoms with Gasteiger partial charge in [0.15, 0.2) is 11.6 Å². The third-order valence-electron chi connectivity index (χ3n) is 7.17. The van der Waals surface area contributed by atoms with E-state index in [0.29, 0.717) is 40.6 Å². The number of hydrogen-bond acceptors (Lipinski definition) is 5. The van der Waals surface area contributed by atoms with Gasteiger partial charge in [0.05, 0.1) is 35.4 Å². The first-order chi connectivity index (χ1) is 19.3. The normalized spacial score (nSPS) is 14.2. The molecule has 1 atom stereocenters. The number of hydrogen-bond donors (Lipinski definition) is 1. The average molecular weight is 562 g/mol. The maximum atomic E-state index is 15.5. The van der Waals surface area contributed by atoms with Gasteiger partial charge in [-0.15, -0.1) is 11.8 Å². The number of aromatic nitrogens is 1. The molecule has 5 rings (SSSR count). The monoisotopic (exact) mass is 561 g/mol. The maximum Gasteiger partial charge on any atom is 0.260 e. The molecule has 0 radical (unpaired) electrons. The lowest BCUT2D eigenvalue weighted by molar-refractivity contribution is 0.387. The first kappa shape index (κ1) is 27.6. The molecule has 0 fully saturated rings. The van der Waals surface area contributed by atoms with E-state index in [1.807, 2.05) is 12.1 Å². The smallest absolute Gasteiger partial charge is 0.260 e. The highest BCUT2D eigenvalue weighted by atomic mass is 32.2. The van der Waals surface area contributed by atoms with Gasteiger partial charge in [-0.3, -0.25) is 9.36 Å². The van der Waals surface area contributed by atoms with Gasteiger partial charge in [-0.2, -0.15) is 5.26 Å². The molecule has 1 aromatic heterocycles. The number of benzene rings is 3. The molecule has 1 N–H and O–H groups in total. The Balaban J connectivity index is 1.58. The van der Waals surface area contributed by atoms with Crippen molar-refractivity contribution in [3.8, 4) is 22.9 Å². The molecule has 1 unspecified atom stereocenters. The molecule has 9 heteroatoms. The molecule has 0 saturated heterocycles. The molecule has 0 saturated carbocycles. The van der Waals surface area contributed by atoms with Crippen LogP contribution in [0.5, 0.6) is 5.75 Å². The van der Waals surface area contributed by atoms with Crippen LogP contribution in [0.25, 0.3) is 11.1 Å². The molecule has 0 spiro atoms. The highest BCUT2D eigenvalue weighted by molar-refractivity contribution is 7.99. The third kappa shape index (κ3) is 5.12. The van der Waals surface area contributed by atoms with Gasteiger partial charge >= 0.3 is 0 Å². The number of nitrogens with one attached hydrogen (secondary N) is 1. The van der Waals surface area contributed by atoms with Crippen LogP contribution in [0, 0.1) is 35.7 Å². The molecule has 204 valence electrons. The van der Waals surface area contributed by atoms with E-state index in [-0.39, 0.29) is 40.5 Å². The van der Waals surface area contributed by atoms with Crippen LogP contribution in [0.2, 0.25) is 0 Å². The molecule has 0 amide bonds. The quantitative estimate of drug-likeness (QED) is 0.280. The summed E-state index contributed by atoms with van der Waals surface area (Å²) in [6.07, 6.45) is -0.0864. The standard InChI is InChI=1S/C31H26F3N3O2S/c1-18-23(13-24-25(32)6-4-7-26(24)33)31-37(30(38)28(18)22-5-3-8-27(39-2)29(22)34)21(17-40-31)16-36-15-20-11-9-19(14-35)10-12-20/h3-12,21,36H,13,15-17H2,1-2H3. The highest BCUT2D eigenvalue weighted by Crippen LogP contribution is 2.40. The van der Waals surface area contributed by atoms with Crippen LogP contribution >= 0.6 is 11.8 Å². The number of pyridine rings is 1. The number of fused-ring (bicyclic) bond motifs is 1. The summed E-state index contributed by atoms with van der Waals surface area (Å²) in [5, 5.41) is 13.0. The lowest BCUT2D eigenvalue weighted by Crippen LogP contribution is -2.33. The summed E-state index contributed by atoms with van der Waals surface area (Å²) in [5.41, 5.74) is 2.36. The van der Waals surface area contributed by atoms with Crippen molar-refractivity contribution in [3.63, 3.8) is 0 Å². The minimum absolute atomic E-state index is 0.00138. The van der Waals surface area contributed by atoms with Gasteiger partial charge in [-0.1, -0.05) is 30.3 Å². The number of thioether (sulfide) groups is 1. The third-order valence-corrected chi connectivity index (χ3v) is 8.44. The van der Waals surface area contributed by atoms with E-state index in [1.54, 1.807) is 29.7 Å². The number of halogens is 3. The highest BCUT2D eigenvalue weighted by Gasteiger charge is 2.32. The summed E-state index contributed by atoms with van der Waals surface area (Å²) in [5.74, 6) is -1.47. The van der Waals surface area contributed by atoms with Crippen LogP contribution in [-0.2, 0) is 13.0 Å². The lowest BCUT2D eigenvalue weighted by Gasteiger charge is -2.21. The summed E-state index contributed by atoms with van der Waals surface area (Å²) >= 11 is 1.45. The summed E-state index contributed by atoms with van der Waals surface area (Å²) in [7, 11) is 1.35. The Labute approximate surface area is 234 Å². The van der Waals surface area contributed by atoms with E-state index >= 15 is 4.39 Å². The van der Waals surface area contributed by atoms with Crippen molar-refractivity contribution in [1.82, 2.24) is 9.88 Å². The Morgan fingerprint density at radius 3 is 2.42 bits per heavy atom. The van der Waals surface area contributed by atoms with Gasteiger partial charge in [0.1, 0.15) is 11.6 Å². The number of methoxy groups -OCH3 is 1. The van der Waals surface area contributed by atoms with E-state index in [1.165, 1.54) is 49.2 Å². The first-order valence-corrected chi connectivity index (χ1v) is 13.7. The summed E-state index contributed by atoms with van der Waals surface area (Å²) in [4.78, 5) is 14.0. The largest absolute Gasteiger partial charge is 0.494 e. The Morgan fingerprint density at radius 1 is 1.05 bits per heavy atom. The number of ether oxygens (including phenoxy) is 1. The predicted molar refractivity (Wildman–Crippen MR) is 149 cm³/mol. The summed E-state index contributed by atoms with van der Waals surface area (Å²) in [6, 6.07) is 17.3. The first-order valence-electron chi connectivity index (χ1n) is 12.7. The minimum atomic E-state index is -0.679. The zero-order valence-electron chi connectivity index (χ0n) is 21.9. The van der Waals surface area contributed by atoms with Gasteiger partial charge in [0.2, 0.25) is 0 Å². The maximum absolute atomic E-state index is 15.5. The van der Waals surface area contributed by atoms with E-state index in [9.17, 15) is 13.6 Å². The van der Waals surface area contributed by atoms with Gasteiger partial charge in [-0.25, -0.2) is 13.2 Å². The van der Waals surface area contributed by atoms with Crippen LogP contribution in [0.15, 0.2) is 70.5 Å². The van der Waals surface area contributed by atoms with Crippen LogP contribution in [-0.4, -0.2) is 24.0 Å². The van der Waals surface area contributed by atoms with Crippen LogP contribution < -0.4 is 15.6 Å². The molecular weight excluding hydrogens is 535 g/mol. The fourth-order valence-electron chi connectivity index (χ4n) is 5.06. The van der Waals surface area contributed by atoms with Crippen molar-refractivity contribution >= 4 is 11.8 Å². The van der Waals surface area contributed by atoms with Crippen LogP contribution in [0.3, 0.4) is 0 Å². The Kier molecular flexibility index (Phi) is 8.01. The van der Waals surface area contributed by atoms with Gasteiger partial charge in [-0.05, 0) is 53.9 Å². The second-order valence-electron chi connectivity index (χ2n) is 9.56. The number of rotatable bonds is 8. The van der Waals surface area contributed by atoms with E-state index < -0.39 is 17.5 Å². The van der Waals surface area contributed by atoms with Crippen molar-refractivity contribution in [3.05, 3.63) is 116 Å². The molecule has 3 aromatic carbocycles. The number of nitriles is 1. The minimum Gasteiger partial charge on any atom is -0.494 e. The second kappa shape index (κ2) is 11.6. The van der Waals surface area contributed by atoms with Gasteiger partial charge in [0, 0.05) is 36.4 Å². The van der Waals surface area contributed by atoms with E-state index in [2.05, 4.69) is 11.4 Å². The van der Waals surface area contributed by atoms with E-state index in [4.69, 9.17) is 10.00 Å². The summed E-state index contributed by atoms with van der Waals surface area (Å²) in [6.45, 7) is 2.66. The SMILES string of the molecule is COc1cccc(-c2c(C)c(Cc3c(F)cccc3F)c3n(c2=O)C(CNCc2ccc(C#N)cc2)CS3)c1F. The van der Waals surface area contributed by atoms with Crippen molar-refractivity contribution in [2.75, 3.05) is 19.4 Å². The molecule has 5 nitrogen and oxygen atoms in total. The topological polar surface area (TPSA) is 67.0 Å². The van der Waals surface area contributed by atoms with Crippen molar-refractivity contribution < 1.29 is 17.9 Å². The number of nitrogens with zero attached hydrogens (tertiary/aromatic N) is 2. The predicted octanol–water partition coefficient (Wildman–Crippen LogP) is 6.15. The zero-order chi connectivity index (χ0) is 28.4. The fraction of sp³-hybridized carbons (Fsp3) is 0.226. The lowest BCUT2D eigenvalue weighted by atomic mass is 9.94. The van der Waals surface area contributed by atoms with E-state index in [0.717, 1.165) is 5.56 Å². The van der Waals surface area contributed by atoms with Gasteiger partial charge in [0.25, 0.3) is 5.56 Å². The molecule has 2 heterocycles. The molecule has 0 bridgehead atoms. The molecular formula is C31H26F3N3O2S.